The van der Waals surface area contributed by atoms with Crippen LogP contribution in [0.3, 0.4) is 0 Å². The molecule has 0 atom stereocenters. The molecule has 0 saturated carbocycles. The zero-order valence-corrected chi connectivity index (χ0v) is 17.3. The monoisotopic (exact) mass is 420 g/mol. The number of amides is 1. The van der Waals surface area contributed by atoms with Crippen molar-refractivity contribution < 1.29 is 9.18 Å². The van der Waals surface area contributed by atoms with Crippen LogP contribution >= 0.6 is 11.3 Å². The minimum atomic E-state index is -0.423. The summed E-state index contributed by atoms with van der Waals surface area (Å²) in [6.07, 6.45) is 4.98. The average molecular weight is 421 g/mol. The average Bonchev–Trinajstić information content (AvgIpc) is 2.84. The van der Waals surface area contributed by atoms with Crippen molar-refractivity contribution in [1.29, 1.82) is 0 Å². The molecular formula is C23H21FN4OS. The van der Waals surface area contributed by atoms with Gasteiger partial charge in [0.2, 0.25) is 0 Å². The Balaban J connectivity index is 2.07. The normalized spacial score (nSPS) is 10.2. The van der Waals surface area contributed by atoms with Crippen molar-refractivity contribution in [3.63, 3.8) is 0 Å². The number of hydrogen-bond acceptors (Lipinski definition) is 5. The Morgan fingerprint density at radius 3 is 2.83 bits per heavy atom. The molecule has 30 heavy (non-hydrogen) atoms. The second-order valence-corrected chi connectivity index (χ2v) is 7.28. The van der Waals surface area contributed by atoms with E-state index in [1.54, 1.807) is 48.2 Å². The lowest BCUT2D eigenvalue weighted by Crippen LogP contribution is -2.31. The first-order valence-corrected chi connectivity index (χ1v) is 10.1. The summed E-state index contributed by atoms with van der Waals surface area (Å²) in [6.45, 7) is 5.75. The fourth-order valence-corrected chi connectivity index (χ4v) is 3.53. The molecule has 0 fully saturated rings. The Bertz CT molecular complexity index is 1110. The standard InChI is InChI=1S/C23H21FN4OS/c1-3-12-28(21-13-18(24)10-9-16(21)2)23(29)22-19(25)7-4-8-20(27-15-30-22)17-6-5-11-26-14-17/h3-11,13-15H,1,12,25H2,2H3. The zero-order chi connectivity index (χ0) is 21.5. The number of carbonyl (C=O) groups excluding carboxylic acids is 1. The molecule has 0 radical (unpaired) electrons. The fraction of sp³-hybridized carbons (Fsp3) is 0.0870. The van der Waals surface area contributed by atoms with E-state index in [1.807, 2.05) is 19.1 Å². The van der Waals surface area contributed by atoms with Crippen molar-refractivity contribution in [1.82, 2.24) is 9.97 Å². The summed E-state index contributed by atoms with van der Waals surface area (Å²) in [4.78, 5) is 23.7. The molecule has 2 aromatic heterocycles. The maximum Gasteiger partial charge on any atom is 0.270 e. The van der Waals surface area contributed by atoms with Gasteiger partial charge < -0.3 is 10.6 Å². The van der Waals surface area contributed by atoms with Crippen molar-refractivity contribution in [2.45, 2.75) is 6.92 Å². The number of aryl methyl sites for hydroxylation is 1. The highest BCUT2D eigenvalue weighted by molar-refractivity contribution is 7.12. The Morgan fingerprint density at radius 2 is 2.10 bits per heavy atom. The number of aromatic nitrogens is 2. The van der Waals surface area contributed by atoms with Crippen LogP contribution < -0.4 is 10.6 Å². The highest BCUT2D eigenvalue weighted by Gasteiger charge is 2.21. The predicted octanol–water partition coefficient (Wildman–Crippen LogP) is 5.19. The molecule has 0 aliphatic heterocycles. The van der Waals surface area contributed by atoms with E-state index in [4.69, 9.17) is 5.73 Å². The van der Waals surface area contributed by atoms with Gasteiger partial charge in [0.25, 0.3) is 5.91 Å². The smallest absolute Gasteiger partial charge is 0.270 e. The van der Waals surface area contributed by atoms with Gasteiger partial charge in [-0.15, -0.1) is 17.9 Å². The fourth-order valence-electron chi connectivity index (χ4n) is 2.84. The van der Waals surface area contributed by atoms with Gasteiger partial charge in [-0.2, -0.15) is 0 Å². The van der Waals surface area contributed by atoms with E-state index in [9.17, 15) is 9.18 Å². The van der Waals surface area contributed by atoms with Crippen LogP contribution in [0.1, 0.15) is 15.2 Å². The van der Waals surface area contributed by atoms with Crippen LogP contribution in [0, 0.1) is 12.7 Å². The molecule has 7 heteroatoms. The molecule has 0 saturated heterocycles. The molecule has 0 aliphatic carbocycles. The lowest BCUT2D eigenvalue weighted by atomic mass is 10.1. The van der Waals surface area contributed by atoms with Gasteiger partial charge >= 0.3 is 0 Å². The first kappa shape index (κ1) is 21.1. The van der Waals surface area contributed by atoms with Crippen molar-refractivity contribution in [2.75, 3.05) is 17.2 Å². The van der Waals surface area contributed by atoms with E-state index in [-0.39, 0.29) is 12.5 Å². The van der Waals surface area contributed by atoms with E-state index in [0.717, 1.165) is 22.5 Å². The molecule has 5 nitrogen and oxygen atoms in total. The highest BCUT2D eigenvalue weighted by atomic mass is 32.1. The second kappa shape index (κ2) is 9.76. The Labute approximate surface area is 178 Å². The van der Waals surface area contributed by atoms with Gasteiger partial charge in [-0.25, -0.2) is 9.37 Å². The molecule has 3 rings (SSSR count). The molecule has 0 unspecified atom stereocenters. The van der Waals surface area contributed by atoms with Crippen molar-refractivity contribution in [3.8, 4) is 11.3 Å². The van der Waals surface area contributed by atoms with Crippen molar-refractivity contribution in [3.05, 3.63) is 95.3 Å². The van der Waals surface area contributed by atoms with Crippen LogP contribution in [0.2, 0.25) is 0 Å². The zero-order valence-electron chi connectivity index (χ0n) is 16.5. The third kappa shape index (κ3) is 4.87. The minimum absolute atomic E-state index is 0.209. The van der Waals surface area contributed by atoms with Crippen LogP contribution in [0.25, 0.3) is 11.3 Å². The first-order valence-electron chi connectivity index (χ1n) is 9.18. The van der Waals surface area contributed by atoms with Gasteiger partial charge in [0.15, 0.2) is 0 Å². The van der Waals surface area contributed by atoms with E-state index in [2.05, 4.69) is 16.5 Å². The maximum atomic E-state index is 13.9. The molecule has 152 valence electrons. The van der Waals surface area contributed by atoms with E-state index in [0.29, 0.717) is 21.9 Å². The minimum Gasteiger partial charge on any atom is -0.397 e. The number of nitrogens with zero attached hydrogens (tertiary/aromatic N) is 3. The molecule has 0 bridgehead atoms. The van der Waals surface area contributed by atoms with Crippen LogP contribution in [0.15, 0.2) is 79.1 Å². The Morgan fingerprint density at radius 1 is 1.27 bits per heavy atom. The summed E-state index contributed by atoms with van der Waals surface area (Å²) in [6, 6.07) is 13.2. The summed E-state index contributed by atoms with van der Waals surface area (Å²) in [7, 11) is 0. The number of hydrogen-bond donors (Lipinski definition) is 1. The van der Waals surface area contributed by atoms with Gasteiger partial charge in [0, 0.05) is 24.5 Å². The third-order valence-corrected chi connectivity index (χ3v) is 5.18. The summed E-state index contributed by atoms with van der Waals surface area (Å²) in [5.41, 5.74) is 10.8. The van der Waals surface area contributed by atoms with Crippen LogP contribution in [0.5, 0.6) is 0 Å². The Kier molecular flexibility index (Phi) is 6.87. The number of nitrogen functional groups attached to an aromatic ring is 1. The SMILES string of the molecule is C=CCN(C(=O)c1scnc(-c2cccnc2)cccc1N)c1cc(F)ccc1C. The maximum absolute atomic E-state index is 13.9. The van der Waals surface area contributed by atoms with Crippen LogP contribution in [-0.4, -0.2) is 22.4 Å². The van der Waals surface area contributed by atoms with Crippen molar-refractivity contribution in [2.24, 2.45) is 0 Å². The summed E-state index contributed by atoms with van der Waals surface area (Å²) in [5, 5.41) is 0. The summed E-state index contributed by atoms with van der Waals surface area (Å²) >= 11 is 1.12. The molecule has 1 aromatic carbocycles. The van der Waals surface area contributed by atoms with Gasteiger partial charge in [-0.05, 0) is 48.9 Å². The van der Waals surface area contributed by atoms with Gasteiger partial charge in [-0.3, -0.25) is 9.78 Å². The van der Waals surface area contributed by atoms with Crippen LogP contribution in [-0.2, 0) is 0 Å². The first-order chi connectivity index (χ1) is 14.5. The van der Waals surface area contributed by atoms with E-state index >= 15 is 0 Å². The molecule has 2 heterocycles. The number of pyridine rings is 1. The number of rotatable bonds is 5. The lowest BCUT2D eigenvalue weighted by Gasteiger charge is -2.23. The van der Waals surface area contributed by atoms with Gasteiger partial charge in [0.1, 0.15) is 10.7 Å². The largest absolute Gasteiger partial charge is 0.397 e. The number of anilines is 2. The number of halogens is 1. The third-order valence-electron chi connectivity index (χ3n) is 4.32. The molecule has 0 aliphatic rings. The van der Waals surface area contributed by atoms with Gasteiger partial charge in [0.05, 0.1) is 22.6 Å². The van der Waals surface area contributed by atoms with Gasteiger partial charge in [-0.1, -0.05) is 18.2 Å². The predicted molar refractivity (Wildman–Crippen MR) is 120 cm³/mol. The van der Waals surface area contributed by atoms with Crippen LogP contribution in [0.4, 0.5) is 15.8 Å². The summed E-state index contributed by atoms with van der Waals surface area (Å²) < 4.78 is 13.9. The molecule has 2 N–H and O–H groups in total. The second-order valence-electron chi connectivity index (χ2n) is 6.42. The molecule has 1 amide bonds. The van der Waals surface area contributed by atoms with E-state index in [1.165, 1.54) is 17.0 Å². The lowest BCUT2D eigenvalue weighted by molar-refractivity contribution is 0.0994. The molecule has 3 aromatic rings. The molecule has 0 spiro atoms. The van der Waals surface area contributed by atoms with Crippen molar-refractivity contribution >= 4 is 28.6 Å². The quantitative estimate of drug-likeness (QED) is 0.577. The number of carbonyl (C=O) groups is 1. The number of benzene rings is 1. The number of nitrogens with two attached hydrogens (primary N) is 1. The Hall–Kier alpha value is -3.58. The topological polar surface area (TPSA) is 72.1 Å². The van der Waals surface area contributed by atoms with E-state index < -0.39 is 5.82 Å². The molecular weight excluding hydrogens is 399 g/mol. The highest BCUT2D eigenvalue weighted by Crippen LogP contribution is 2.26. The summed E-state index contributed by atoms with van der Waals surface area (Å²) in [5.74, 6) is -0.777.